The van der Waals surface area contributed by atoms with Crippen LogP contribution >= 0.6 is 0 Å². The van der Waals surface area contributed by atoms with Crippen molar-refractivity contribution in [3.8, 4) is 11.5 Å². The molecule has 0 aliphatic carbocycles. The summed E-state index contributed by atoms with van der Waals surface area (Å²) in [5.41, 5.74) is 1.20. The maximum absolute atomic E-state index is 5.82. The van der Waals surface area contributed by atoms with Crippen LogP contribution in [0.3, 0.4) is 0 Å². The van der Waals surface area contributed by atoms with Gasteiger partial charge in [0.1, 0.15) is 0 Å². The van der Waals surface area contributed by atoms with E-state index in [1.165, 1.54) is 12.0 Å². The number of ether oxygens (including phenoxy) is 3. The Hall–Kier alpha value is -1.26. The zero-order valence-corrected chi connectivity index (χ0v) is 12.5. The molecule has 4 heteroatoms. The summed E-state index contributed by atoms with van der Waals surface area (Å²) in [6.45, 7) is 5.48. The Morgan fingerprint density at radius 3 is 2.95 bits per heavy atom. The molecule has 0 bridgehead atoms. The molecule has 1 aromatic rings. The van der Waals surface area contributed by atoms with Gasteiger partial charge in [0.2, 0.25) is 0 Å². The minimum Gasteiger partial charge on any atom is -0.493 e. The first-order chi connectivity index (χ1) is 9.83. The summed E-state index contributed by atoms with van der Waals surface area (Å²) in [6.07, 6.45) is 3.64. The van der Waals surface area contributed by atoms with Crippen molar-refractivity contribution in [1.82, 2.24) is 5.32 Å². The molecule has 112 valence electrons. The molecule has 1 N–H and O–H groups in total. The van der Waals surface area contributed by atoms with Crippen molar-refractivity contribution < 1.29 is 14.2 Å². The van der Waals surface area contributed by atoms with Gasteiger partial charge in [-0.05, 0) is 37.1 Å². The van der Waals surface area contributed by atoms with E-state index in [2.05, 4.69) is 18.3 Å². The lowest BCUT2D eigenvalue weighted by atomic mass is 10.2. The third-order valence-electron chi connectivity index (χ3n) is 3.53. The van der Waals surface area contributed by atoms with Gasteiger partial charge >= 0.3 is 0 Å². The molecule has 0 spiro atoms. The Kier molecular flexibility index (Phi) is 6.15. The quantitative estimate of drug-likeness (QED) is 0.794. The minimum absolute atomic E-state index is 0.369. The molecule has 0 amide bonds. The largest absolute Gasteiger partial charge is 0.493 e. The van der Waals surface area contributed by atoms with Gasteiger partial charge in [-0.25, -0.2) is 0 Å². The molecule has 0 saturated carbocycles. The Bertz CT molecular complexity index is 403. The molecule has 4 nitrogen and oxygen atoms in total. The van der Waals surface area contributed by atoms with Gasteiger partial charge in [-0.1, -0.05) is 13.0 Å². The molecule has 1 atom stereocenters. The third kappa shape index (κ3) is 4.39. The van der Waals surface area contributed by atoms with Crippen LogP contribution in [-0.2, 0) is 11.3 Å². The lowest BCUT2D eigenvalue weighted by Gasteiger charge is -2.14. The van der Waals surface area contributed by atoms with Crippen molar-refractivity contribution in [3.63, 3.8) is 0 Å². The van der Waals surface area contributed by atoms with Crippen LogP contribution in [0.2, 0.25) is 0 Å². The normalized spacial score (nSPS) is 18.2. The fourth-order valence-electron chi connectivity index (χ4n) is 2.38. The SMILES string of the molecule is CCNCc1ccc(OCCC2CCCO2)c(OC)c1. The van der Waals surface area contributed by atoms with Crippen LogP contribution in [0.25, 0.3) is 0 Å². The van der Waals surface area contributed by atoms with Gasteiger partial charge in [-0.15, -0.1) is 0 Å². The molecule has 1 aliphatic heterocycles. The summed E-state index contributed by atoms with van der Waals surface area (Å²) in [5.74, 6) is 1.61. The van der Waals surface area contributed by atoms with Gasteiger partial charge < -0.3 is 19.5 Å². The highest BCUT2D eigenvalue weighted by molar-refractivity contribution is 5.42. The zero-order chi connectivity index (χ0) is 14.2. The van der Waals surface area contributed by atoms with Crippen molar-refractivity contribution in [1.29, 1.82) is 0 Å². The van der Waals surface area contributed by atoms with Gasteiger partial charge in [0.25, 0.3) is 0 Å². The second kappa shape index (κ2) is 8.12. The van der Waals surface area contributed by atoms with Crippen LogP contribution in [0.15, 0.2) is 18.2 Å². The van der Waals surface area contributed by atoms with Gasteiger partial charge in [0, 0.05) is 19.6 Å². The van der Waals surface area contributed by atoms with Crippen molar-refractivity contribution in [2.45, 2.75) is 38.8 Å². The van der Waals surface area contributed by atoms with E-state index < -0.39 is 0 Å². The topological polar surface area (TPSA) is 39.7 Å². The molecule has 1 aromatic carbocycles. The standard InChI is InChI=1S/C16H25NO3/c1-3-17-12-13-6-7-15(16(11-13)18-2)20-10-8-14-5-4-9-19-14/h6-7,11,14,17H,3-5,8-10,12H2,1-2H3. The van der Waals surface area contributed by atoms with Crippen molar-refractivity contribution >= 4 is 0 Å². The summed E-state index contributed by atoms with van der Waals surface area (Å²) in [6, 6.07) is 6.09. The molecular weight excluding hydrogens is 254 g/mol. The molecule has 0 radical (unpaired) electrons. The van der Waals surface area contributed by atoms with Crippen molar-refractivity contribution in [2.75, 3.05) is 26.9 Å². The van der Waals surface area contributed by atoms with E-state index in [1.807, 2.05) is 12.1 Å². The Morgan fingerprint density at radius 2 is 2.25 bits per heavy atom. The number of nitrogens with one attached hydrogen (secondary N) is 1. The highest BCUT2D eigenvalue weighted by Gasteiger charge is 2.15. The number of methoxy groups -OCH3 is 1. The number of hydrogen-bond donors (Lipinski definition) is 1. The van der Waals surface area contributed by atoms with E-state index in [0.717, 1.165) is 44.0 Å². The molecular formula is C16H25NO3. The molecule has 1 heterocycles. The van der Waals surface area contributed by atoms with Gasteiger partial charge in [0.05, 0.1) is 19.8 Å². The Labute approximate surface area is 121 Å². The van der Waals surface area contributed by atoms with Gasteiger partial charge in [-0.3, -0.25) is 0 Å². The predicted molar refractivity (Wildman–Crippen MR) is 79.5 cm³/mol. The summed E-state index contributed by atoms with van der Waals surface area (Å²) < 4.78 is 16.8. The predicted octanol–water partition coefficient (Wildman–Crippen LogP) is 2.75. The summed E-state index contributed by atoms with van der Waals surface area (Å²) in [7, 11) is 1.68. The summed E-state index contributed by atoms with van der Waals surface area (Å²) >= 11 is 0. The van der Waals surface area contributed by atoms with E-state index >= 15 is 0 Å². The second-order valence-electron chi connectivity index (χ2n) is 5.04. The zero-order valence-electron chi connectivity index (χ0n) is 12.5. The Morgan fingerprint density at radius 1 is 1.35 bits per heavy atom. The van der Waals surface area contributed by atoms with E-state index in [1.54, 1.807) is 7.11 Å². The number of hydrogen-bond acceptors (Lipinski definition) is 4. The highest BCUT2D eigenvalue weighted by Crippen LogP contribution is 2.28. The van der Waals surface area contributed by atoms with Crippen LogP contribution in [0, 0.1) is 0 Å². The van der Waals surface area contributed by atoms with Crippen LogP contribution in [0.5, 0.6) is 11.5 Å². The van der Waals surface area contributed by atoms with Crippen molar-refractivity contribution in [2.24, 2.45) is 0 Å². The minimum atomic E-state index is 0.369. The summed E-state index contributed by atoms with van der Waals surface area (Å²) in [4.78, 5) is 0. The molecule has 1 fully saturated rings. The number of rotatable bonds is 8. The van der Waals surface area contributed by atoms with E-state index in [-0.39, 0.29) is 0 Å². The van der Waals surface area contributed by atoms with Crippen LogP contribution in [0.1, 0.15) is 31.7 Å². The van der Waals surface area contributed by atoms with Crippen LogP contribution < -0.4 is 14.8 Å². The lowest BCUT2D eigenvalue weighted by Crippen LogP contribution is -2.12. The molecule has 1 unspecified atom stereocenters. The first-order valence-corrected chi connectivity index (χ1v) is 7.45. The maximum atomic E-state index is 5.82. The monoisotopic (exact) mass is 279 g/mol. The summed E-state index contributed by atoms with van der Waals surface area (Å²) in [5, 5.41) is 3.30. The molecule has 1 saturated heterocycles. The second-order valence-corrected chi connectivity index (χ2v) is 5.04. The molecule has 1 aliphatic rings. The fraction of sp³-hybridized carbons (Fsp3) is 0.625. The van der Waals surface area contributed by atoms with Crippen molar-refractivity contribution in [3.05, 3.63) is 23.8 Å². The van der Waals surface area contributed by atoms with Gasteiger partial charge in [0.15, 0.2) is 11.5 Å². The molecule has 2 rings (SSSR count). The van der Waals surface area contributed by atoms with Gasteiger partial charge in [-0.2, -0.15) is 0 Å². The molecule has 0 aromatic heterocycles. The van der Waals surface area contributed by atoms with E-state index in [0.29, 0.717) is 12.7 Å². The van der Waals surface area contributed by atoms with Crippen LogP contribution in [-0.4, -0.2) is 33.0 Å². The fourth-order valence-corrected chi connectivity index (χ4v) is 2.38. The number of benzene rings is 1. The first-order valence-electron chi connectivity index (χ1n) is 7.45. The lowest BCUT2D eigenvalue weighted by molar-refractivity contribution is 0.0899. The Balaban J connectivity index is 1.86. The maximum Gasteiger partial charge on any atom is 0.161 e. The van der Waals surface area contributed by atoms with E-state index in [9.17, 15) is 0 Å². The first kappa shape index (κ1) is 15.1. The van der Waals surface area contributed by atoms with Crippen LogP contribution in [0.4, 0.5) is 0 Å². The molecule has 20 heavy (non-hydrogen) atoms. The highest BCUT2D eigenvalue weighted by atomic mass is 16.5. The average Bonchev–Trinajstić information content (AvgIpc) is 2.99. The third-order valence-corrected chi connectivity index (χ3v) is 3.53. The average molecular weight is 279 g/mol. The smallest absolute Gasteiger partial charge is 0.161 e. The van der Waals surface area contributed by atoms with E-state index in [4.69, 9.17) is 14.2 Å².